The monoisotopic (exact) mass is 292 g/mol. The van der Waals surface area contributed by atoms with Gasteiger partial charge in [0.2, 0.25) is 0 Å². The van der Waals surface area contributed by atoms with E-state index in [1.165, 1.54) is 0 Å². The Morgan fingerprint density at radius 2 is 2.20 bits per heavy atom. The highest BCUT2D eigenvalue weighted by atomic mass is 79.9. The predicted octanol–water partition coefficient (Wildman–Crippen LogP) is 2.75. The highest BCUT2D eigenvalue weighted by Gasteiger charge is 2.02. The largest absolute Gasteiger partial charge is 0.429 e. The number of halogens is 2. The van der Waals surface area contributed by atoms with Gasteiger partial charge in [-0.2, -0.15) is 0 Å². The highest BCUT2D eigenvalue weighted by Crippen LogP contribution is 2.29. The molecule has 10 heavy (non-hydrogen) atoms. The number of rotatable bonds is 3. The maximum atomic E-state index is 10.2. The Labute approximate surface area is 76.7 Å². The maximum absolute atomic E-state index is 10.2. The Kier molecular flexibility index (Phi) is 5.72. The molecule has 0 aromatic carbocycles. The van der Waals surface area contributed by atoms with Crippen LogP contribution in [0.5, 0.6) is 0 Å². The van der Waals surface area contributed by atoms with Crippen molar-refractivity contribution in [2.45, 2.75) is 13.3 Å². The van der Waals surface area contributed by atoms with Gasteiger partial charge in [0.1, 0.15) is 5.76 Å². The molecule has 0 radical (unpaired) electrons. The van der Waals surface area contributed by atoms with Gasteiger partial charge in [-0.3, -0.25) is 0 Å². The lowest BCUT2D eigenvalue weighted by Gasteiger charge is -2.03. The molecule has 0 fully saturated rings. The van der Waals surface area contributed by atoms with Gasteiger partial charge in [0, 0.05) is 6.42 Å². The minimum absolute atomic E-state index is 0.450. The average Bonchev–Trinajstić information content (AvgIpc) is 1.81. The highest BCUT2D eigenvalue weighted by molar-refractivity contribution is 9.28. The lowest BCUT2D eigenvalue weighted by molar-refractivity contribution is 0.344. The maximum Gasteiger partial charge on any atom is 0.364 e. The van der Waals surface area contributed by atoms with Crippen LogP contribution in [0.3, 0.4) is 0 Å². The van der Waals surface area contributed by atoms with E-state index in [2.05, 4.69) is 36.4 Å². The molecule has 1 N–H and O–H groups in total. The molecule has 60 valence electrons. The minimum atomic E-state index is -2.86. The number of allylic oxidation sites excluding steroid dienone is 1. The Morgan fingerprint density at radius 1 is 1.70 bits per heavy atom. The summed E-state index contributed by atoms with van der Waals surface area (Å²) in [5.41, 5.74) is 0. The van der Waals surface area contributed by atoms with Crippen molar-refractivity contribution in [3.05, 3.63) is 9.15 Å². The Morgan fingerprint density at radius 3 is 2.30 bits per heavy atom. The van der Waals surface area contributed by atoms with Crippen LogP contribution in [0, 0.1) is 0 Å². The Bertz CT molecular complexity index is 164. The topological polar surface area (TPSA) is 46.5 Å². The summed E-state index contributed by atoms with van der Waals surface area (Å²) in [6.45, 7) is 1.82. The molecule has 1 atom stereocenters. The fourth-order valence-electron chi connectivity index (χ4n) is 0.350. The van der Waals surface area contributed by atoms with Crippen LogP contribution in [0.1, 0.15) is 13.3 Å². The van der Waals surface area contributed by atoms with E-state index in [9.17, 15) is 4.57 Å². The molecule has 0 bridgehead atoms. The Hall–Kier alpha value is 0.690. The van der Waals surface area contributed by atoms with E-state index >= 15 is 0 Å². The number of hydrogen-bond acceptors (Lipinski definition) is 2. The van der Waals surface area contributed by atoms with Gasteiger partial charge in [-0.15, -0.1) is 0 Å². The predicted molar refractivity (Wildman–Crippen MR) is 47.5 cm³/mol. The van der Waals surface area contributed by atoms with E-state index in [-0.39, 0.29) is 0 Å². The van der Waals surface area contributed by atoms with E-state index in [1.54, 1.807) is 0 Å². The molecular formula is C4H7Br2O3P. The van der Waals surface area contributed by atoms with E-state index in [0.29, 0.717) is 15.6 Å². The molecular weight excluding hydrogens is 287 g/mol. The summed E-state index contributed by atoms with van der Waals surface area (Å²) in [5, 5.41) is 0. The quantitative estimate of drug-likeness (QED) is 0.643. The summed E-state index contributed by atoms with van der Waals surface area (Å²) in [7, 11) is -2.86. The van der Waals surface area contributed by atoms with Gasteiger partial charge < -0.3 is 9.42 Å². The van der Waals surface area contributed by atoms with Crippen molar-refractivity contribution < 1.29 is 14.0 Å². The second kappa shape index (κ2) is 5.35. The first-order valence-electron chi connectivity index (χ1n) is 2.52. The smallest absolute Gasteiger partial charge is 0.364 e. The molecule has 0 amide bonds. The van der Waals surface area contributed by atoms with E-state index in [1.807, 2.05) is 6.92 Å². The lowest BCUT2D eigenvalue weighted by Crippen LogP contribution is -1.81. The van der Waals surface area contributed by atoms with Crippen molar-refractivity contribution in [3.8, 4) is 0 Å². The van der Waals surface area contributed by atoms with Gasteiger partial charge in [-0.25, -0.2) is 4.57 Å². The zero-order chi connectivity index (χ0) is 8.15. The van der Waals surface area contributed by atoms with Crippen LogP contribution >= 0.6 is 40.1 Å². The Balaban J connectivity index is 4.11. The second-order valence-electron chi connectivity index (χ2n) is 1.41. The molecule has 0 spiro atoms. The second-order valence-corrected chi connectivity index (χ2v) is 4.79. The molecule has 0 aromatic rings. The normalized spacial score (nSPS) is 12.4. The van der Waals surface area contributed by atoms with Crippen LogP contribution in [0.25, 0.3) is 0 Å². The van der Waals surface area contributed by atoms with Crippen LogP contribution in [-0.4, -0.2) is 4.89 Å². The summed E-state index contributed by atoms with van der Waals surface area (Å²) >= 11 is 6.13. The van der Waals surface area contributed by atoms with E-state index < -0.39 is 8.25 Å². The van der Waals surface area contributed by atoms with Crippen molar-refractivity contribution in [2.24, 2.45) is 0 Å². The molecule has 0 aliphatic heterocycles. The molecule has 0 aliphatic carbocycles. The number of hydrogen-bond donors (Lipinski definition) is 1. The van der Waals surface area contributed by atoms with Gasteiger partial charge in [-0.1, -0.05) is 6.92 Å². The minimum Gasteiger partial charge on any atom is -0.429 e. The van der Waals surface area contributed by atoms with Crippen molar-refractivity contribution in [3.63, 3.8) is 0 Å². The molecule has 6 heteroatoms. The molecule has 0 heterocycles. The first kappa shape index (κ1) is 10.7. The van der Waals surface area contributed by atoms with E-state index in [4.69, 9.17) is 4.89 Å². The van der Waals surface area contributed by atoms with Crippen molar-refractivity contribution >= 4 is 40.1 Å². The zero-order valence-electron chi connectivity index (χ0n) is 5.23. The van der Waals surface area contributed by atoms with Crippen molar-refractivity contribution in [1.29, 1.82) is 0 Å². The van der Waals surface area contributed by atoms with Crippen LogP contribution in [0.15, 0.2) is 9.15 Å². The van der Waals surface area contributed by atoms with Crippen molar-refractivity contribution in [1.82, 2.24) is 0 Å². The molecule has 3 nitrogen and oxygen atoms in total. The first-order chi connectivity index (χ1) is 4.57. The van der Waals surface area contributed by atoms with Crippen LogP contribution in [0.2, 0.25) is 0 Å². The van der Waals surface area contributed by atoms with Crippen LogP contribution in [-0.2, 0) is 9.09 Å². The summed E-state index contributed by atoms with van der Waals surface area (Å²) in [6.07, 6.45) is 0.572. The molecule has 0 saturated carbocycles. The third-order valence-corrected chi connectivity index (χ3v) is 2.05. The third-order valence-electron chi connectivity index (χ3n) is 0.742. The van der Waals surface area contributed by atoms with Gasteiger partial charge >= 0.3 is 8.25 Å². The van der Waals surface area contributed by atoms with Crippen molar-refractivity contribution in [2.75, 3.05) is 0 Å². The summed E-state index contributed by atoms with van der Waals surface area (Å²) < 4.78 is 15.3. The average molecular weight is 294 g/mol. The lowest BCUT2D eigenvalue weighted by atomic mass is 10.4. The van der Waals surface area contributed by atoms with Gasteiger partial charge in [0.25, 0.3) is 0 Å². The summed E-state index contributed by atoms with van der Waals surface area (Å²) in [6, 6.07) is 0. The summed E-state index contributed by atoms with van der Waals surface area (Å²) in [4.78, 5) is 8.35. The molecule has 0 rings (SSSR count). The molecule has 0 aliphatic rings. The molecule has 1 unspecified atom stereocenters. The van der Waals surface area contributed by atoms with Gasteiger partial charge in [0.05, 0.1) is 3.39 Å². The van der Waals surface area contributed by atoms with Gasteiger partial charge in [-0.05, 0) is 31.9 Å². The summed E-state index contributed by atoms with van der Waals surface area (Å²) in [5.74, 6) is 0.450. The molecule has 0 saturated heterocycles. The third kappa shape index (κ3) is 4.50. The van der Waals surface area contributed by atoms with Gasteiger partial charge in [0.15, 0.2) is 0 Å². The first-order valence-corrected chi connectivity index (χ1v) is 5.37. The SMILES string of the molecule is CCC(O[PH](=O)O)=C(Br)Br. The van der Waals surface area contributed by atoms with Crippen LogP contribution < -0.4 is 0 Å². The van der Waals surface area contributed by atoms with E-state index in [0.717, 1.165) is 0 Å². The van der Waals surface area contributed by atoms with Crippen LogP contribution in [0.4, 0.5) is 0 Å². The standard InChI is InChI=1S/C4H7Br2O3P/c1-2-3(4(5)6)9-10(7)8/h10H,2H2,1H3,(H,7,8). The zero-order valence-corrected chi connectivity index (χ0v) is 9.40. The molecule has 0 aromatic heterocycles. The fourth-order valence-corrected chi connectivity index (χ4v) is 1.83. The fraction of sp³-hybridized carbons (Fsp3) is 0.500.